The summed E-state index contributed by atoms with van der Waals surface area (Å²) in [5, 5.41) is 7.23. The molecular weight excluding hydrogens is 238 g/mol. The molecule has 4 atom stereocenters. The van der Waals surface area contributed by atoms with Crippen molar-refractivity contribution in [3.05, 3.63) is 29.8 Å². The number of ether oxygens (including phenoxy) is 1. The van der Waals surface area contributed by atoms with E-state index in [4.69, 9.17) is 10.5 Å². The van der Waals surface area contributed by atoms with Gasteiger partial charge in [0, 0.05) is 30.6 Å². The van der Waals surface area contributed by atoms with E-state index in [1.165, 1.54) is 12.0 Å². The molecule has 2 heterocycles. The number of nitrogens with two attached hydrogens (primary N) is 1. The highest BCUT2D eigenvalue weighted by Crippen LogP contribution is 2.31. The Morgan fingerprint density at radius 3 is 2.79 bits per heavy atom. The quantitative estimate of drug-likeness (QED) is 0.744. The van der Waals surface area contributed by atoms with Crippen molar-refractivity contribution in [2.24, 2.45) is 11.7 Å². The third-order valence-electron chi connectivity index (χ3n) is 4.52. The lowest BCUT2D eigenvalue weighted by Crippen LogP contribution is -2.59. The van der Waals surface area contributed by atoms with Crippen LogP contribution in [0, 0.1) is 5.92 Å². The lowest BCUT2D eigenvalue weighted by atomic mass is 9.78. The van der Waals surface area contributed by atoms with Crippen molar-refractivity contribution in [2.75, 3.05) is 20.2 Å². The fraction of sp³-hybridized carbons (Fsp3) is 0.600. The smallest absolute Gasteiger partial charge is 0.118 e. The highest BCUT2D eigenvalue weighted by molar-refractivity contribution is 5.29. The highest BCUT2D eigenvalue weighted by Gasteiger charge is 2.37. The Kier molecular flexibility index (Phi) is 3.73. The first-order valence-corrected chi connectivity index (χ1v) is 7.14. The van der Waals surface area contributed by atoms with Gasteiger partial charge in [0.05, 0.1) is 7.11 Å². The Balaban J connectivity index is 1.74. The van der Waals surface area contributed by atoms with Crippen LogP contribution in [-0.4, -0.2) is 32.3 Å². The molecule has 2 fully saturated rings. The molecule has 0 aromatic heterocycles. The predicted octanol–water partition coefficient (Wildman–Crippen LogP) is 1.04. The summed E-state index contributed by atoms with van der Waals surface area (Å²) in [7, 11) is 1.70. The molecule has 0 bridgehead atoms. The highest BCUT2D eigenvalue weighted by atomic mass is 16.5. The van der Waals surface area contributed by atoms with E-state index in [1.807, 2.05) is 12.1 Å². The summed E-state index contributed by atoms with van der Waals surface area (Å²) in [6.45, 7) is 2.14. The van der Waals surface area contributed by atoms with Gasteiger partial charge in [-0.2, -0.15) is 0 Å². The van der Waals surface area contributed by atoms with Gasteiger partial charge in [-0.1, -0.05) is 12.1 Å². The fourth-order valence-electron chi connectivity index (χ4n) is 3.38. The van der Waals surface area contributed by atoms with Crippen LogP contribution in [0.25, 0.3) is 0 Å². The second kappa shape index (κ2) is 5.49. The Bertz CT molecular complexity index is 420. The second-order valence-corrected chi connectivity index (χ2v) is 5.66. The molecule has 0 radical (unpaired) electrons. The number of hydrogen-bond donors (Lipinski definition) is 3. The van der Waals surface area contributed by atoms with Crippen LogP contribution in [0.5, 0.6) is 5.75 Å². The van der Waals surface area contributed by atoms with Crippen molar-refractivity contribution in [1.82, 2.24) is 10.6 Å². The van der Waals surface area contributed by atoms with Gasteiger partial charge in [-0.3, -0.25) is 0 Å². The van der Waals surface area contributed by atoms with Gasteiger partial charge in [-0.25, -0.2) is 0 Å². The van der Waals surface area contributed by atoms with Crippen LogP contribution in [0.2, 0.25) is 0 Å². The van der Waals surface area contributed by atoms with Gasteiger partial charge >= 0.3 is 0 Å². The molecule has 1 aromatic rings. The van der Waals surface area contributed by atoms with Crippen LogP contribution in [0.4, 0.5) is 0 Å². The van der Waals surface area contributed by atoms with Crippen molar-refractivity contribution in [2.45, 2.75) is 31.0 Å². The topological polar surface area (TPSA) is 59.3 Å². The van der Waals surface area contributed by atoms with E-state index in [2.05, 4.69) is 22.8 Å². The Hall–Kier alpha value is -1.10. The van der Waals surface area contributed by atoms with Gasteiger partial charge < -0.3 is 21.1 Å². The maximum atomic E-state index is 6.37. The first-order chi connectivity index (χ1) is 9.28. The molecule has 4 unspecified atom stereocenters. The van der Waals surface area contributed by atoms with Gasteiger partial charge in [-0.05, 0) is 37.1 Å². The van der Waals surface area contributed by atoms with Gasteiger partial charge in [-0.15, -0.1) is 0 Å². The van der Waals surface area contributed by atoms with E-state index in [1.54, 1.807) is 7.11 Å². The van der Waals surface area contributed by atoms with Crippen molar-refractivity contribution < 1.29 is 4.74 Å². The van der Waals surface area contributed by atoms with Crippen LogP contribution in [-0.2, 0) is 0 Å². The molecule has 0 amide bonds. The minimum atomic E-state index is 0.283. The Labute approximate surface area is 114 Å². The molecular formula is C15H23N3O. The summed E-state index contributed by atoms with van der Waals surface area (Å²) < 4.78 is 5.21. The van der Waals surface area contributed by atoms with Crippen molar-refractivity contribution >= 4 is 0 Å². The van der Waals surface area contributed by atoms with E-state index < -0.39 is 0 Å². The summed E-state index contributed by atoms with van der Waals surface area (Å²) in [4.78, 5) is 0. The molecule has 0 saturated carbocycles. The van der Waals surface area contributed by atoms with Crippen molar-refractivity contribution in [3.8, 4) is 5.75 Å². The monoisotopic (exact) mass is 261 g/mol. The van der Waals surface area contributed by atoms with Crippen LogP contribution in [0.1, 0.15) is 24.4 Å². The first kappa shape index (κ1) is 12.9. The van der Waals surface area contributed by atoms with E-state index in [9.17, 15) is 0 Å². The normalized spacial score (nSPS) is 34.6. The first-order valence-electron chi connectivity index (χ1n) is 7.14. The number of rotatable bonds is 2. The number of methoxy groups -OCH3 is 1. The lowest BCUT2D eigenvalue weighted by Gasteiger charge is -2.44. The molecule has 4 heteroatoms. The molecule has 104 valence electrons. The summed E-state index contributed by atoms with van der Waals surface area (Å²) in [6.07, 6.45) is 2.18. The molecule has 19 heavy (non-hydrogen) atoms. The molecule has 0 aliphatic carbocycles. The Morgan fingerprint density at radius 2 is 2.05 bits per heavy atom. The third-order valence-corrected chi connectivity index (χ3v) is 4.52. The minimum absolute atomic E-state index is 0.283. The van der Waals surface area contributed by atoms with Crippen LogP contribution in [0.3, 0.4) is 0 Å². The van der Waals surface area contributed by atoms with Gasteiger partial charge in [0.25, 0.3) is 0 Å². The molecule has 2 saturated heterocycles. The van der Waals surface area contributed by atoms with Gasteiger partial charge in [0.2, 0.25) is 0 Å². The van der Waals surface area contributed by atoms with Crippen molar-refractivity contribution in [1.29, 1.82) is 0 Å². The number of hydrogen-bond acceptors (Lipinski definition) is 4. The molecule has 0 spiro atoms. The average Bonchev–Trinajstić information content (AvgIpc) is 2.47. The van der Waals surface area contributed by atoms with E-state index >= 15 is 0 Å². The lowest BCUT2D eigenvalue weighted by molar-refractivity contribution is 0.163. The molecule has 2 aliphatic heterocycles. The number of benzene rings is 1. The van der Waals surface area contributed by atoms with Gasteiger partial charge in [0.1, 0.15) is 5.75 Å². The van der Waals surface area contributed by atoms with Crippen LogP contribution >= 0.6 is 0 Å². The van der Waals surface area contributed by atoms with E-state index in [-0.39, 0.29) is 6.04 Å². The molecule has 1 aromatic carbocycles. The largest absolute Gasteiger partial charge is 0.497 e. The SMILES string of the molecule is COc1ccc(C2CC(N)C3CNCCC3N2)cc1. The maximum Gasteiger partial charge on any atom is 0.118 e. The average molecular weight is 261 g/mol. The van der Waals surface area contributed by atoms with Crippen LogP contribution < -0.4 is 21.1 Å². The molecule has 4 nitrogen and oxygen atoms in total. The fourth-order valence-corrected chi connectivity index (χ4v) is 3.38. The minimum Gasteiger partial charge on any atom is -0.497 e. The number of fused-ring (bicyclic) bond motifs is 1. The maximum absolute atomic E-state index is 6.37. The van der Waals surface area contributed by atoms with Gasteiger partial charge in [0.15, 0.2) is 0 Å². The van der Waals surface area contributed by atoms with Crippen molar-refractivity contribution in [3.63, 3.8) is 0 Å². The zero-order valence-corrected chi connectivity index (χ0v) is 11.4. The predicted molar refractivity (Wildman–Crippen MR) is 76.2 cm³/mol. The summed E-state index contributed by atoms with van der Waals surface area (Å²) in [5.41, 5.74) is 7.68. The molecule has 4 N–H and O–H groups in total. The van der Waals surface area contributed by atoms with E-state index in [0.717, 1.165) is 25.3 Å². The summed E-state index contributed by atoms with van der Waals surface area (Å²) >= 11 is 0. The standard InChI is InChI=1S/C15H23N3O/c1-19-11-4-2-10(3-5-11)15-8-13(16)12-9-17-7-6-14(12)18-15/h2-5,12-15,17-18H,6-9,16H2,1H3. The number of nitrogens with one attached hydrogen (secondary N) is 2. The number of piperidine rings is 2. The van der Waals surface area contributed by atoms with E-state index in [0.29, 0.717) is 18.0 Å². The third kappa shape index (κ3) is 2.61. The zero-order valence-electron chi connectivity index (χ0n) is 11.4. The summed E-state index contributed by atoms with van der Waals surface area (Å²) in [5.74, 6) is 1.48. The molecule has 3 rings (SSSR count). The van der Waals surface area contributed by atoms with Crippen LogP contribution in [0.15, 0.2) is 24.3 Å². The molecule has 2 aliphatic rings. The second-order valence-electron chi connectivity index (χ2n) is 5.66. The zero-order chi connectivity index (χ0) is 13.2. The Morgan fingerprint density at radius 1 is 1.26 bits per heavy atom. The summed E-state index contributed by atoms with van der Waals surface area (Å²) in [6, 6.07) is 9.55.